The van der Waals surface area contributed by atoms with Gasteiger partial charge in [0.15, 0.2) is 0 Å². The van der Waals surface area contributed by atoms with Gasteiger partial charge in [0.25, 0.3) is 0 Å². The number of halogens is 1. The van der Waals surface area contributed by atoms with Crippen molar-refractivity contribution in [2.75, 3.05) is 25.5 Å². The Morgan fingerprint density at radius 3 is 2.79 bits per heavy atom. The van der Waals surface area contributed by atoms with E-state index in [9.17, 15) is 9.18 Å². The molecule has 0 aliphatic rings. The van der Waals surface area contributed by atoms with E-state index in [0.717, 1.165) is 12.0 Å². The van der Waals surface area contributed by atoms with Gasteiger partial charge in [-0.2, -0.15) is 0 Å². The van der Waals surface area contributed by atoms with Crippen LogP contribution in [0.3, 0.4) is 0 Å². The van der Waals surface area contributed by atoms with E-state index in [1.165, 1.54) is 23.9 Å². The molecule has 0 unspecified atom stereocenters. The minimum absolute atomic E-state index is 0.0311. The summed E-state index contributed by atoms with van der Waals surface area (Å²) in [6, 6.07) is 6.35. The van der Waals surface area contributed by atoms with Gasteiger partial charge >= 0.3 is 0 Å². The first kappa shape index (κ1) is 16.0. The lowest BCUT2D eigenvalue weighted by Gasteiger charge is -2.05. The molecule has 106 valence electrons. The number of thioether (sulfide) groups is 1. The van der Waals surface area contributed by atoms with E-state index in [-0.39, 0.29) is 11.7 Å². The third-order valence-corrected chi connectivity index (χ3v) is 3.41. The number of hydrogen-bond donors (Lipinski definition) is 1. The summed E-state index contributed by atoms with van der Waals surface area (Å²) < 4.78 is 17.9. The average molecular weight is 285 g/mol. The molecule has 0 saturated heterocycles. The summed E-state index contributed by atoms with van der Waals surface area (Å²) in [4.78, 5) is 11.5. The zero-order valence-corrected chi connectivity index (χ0v) is 12.0. The Kier molecular flexibility index (Phi) is 8.25. The summed E-state index contributed by atoms with van der Waals surface area (Å²) in [6.45, 7) is 3.99. The zero-order chi connectivity index (χ0) is 13.9. The second kappa shape index (κ2) is 9.81. The van der Waals surface area contributed by atoms with E-state index in [0.29, 0.717) is 31.3 Å². The van der Waals surface area contributed by atoms with Crippen molar-refractivity contribution in [3.8, 4) is 0 Å². The molecule has 0 aromatic heterocycles. The van der Waals surface area contributed by atoms with Crippen LogP contribution in [-0.2, 0) is 15.3 Å². The Labute approximate surface area is 117 Å². The molecule has 1 aromatic rings. The number of carbonyl (C=O) groups is 1. The summed E-state index contributed by atoms with van der Waals surface area (Å²) in [7, 11) is 0. The third kappa shape index (κ3) is 7.85. The maximum Gasteiger partial charge on any atom is 0.230 e. The van der Waals surface area contributed by atoms with Crippen molar-refractivity contribution < 1.29 is 13.9 Å². The number of amides is 1. The quantitative estimate of drug-likeness (QED) is 0.709. The van der Waals surface area contributed by atoms with Crippen molar-refractivity contribution >= 4 is 17.7 Å². The highest BCUT2D eigenvalue weighted by molar-refractivity contribution is 7.99. The van der Waals surface area contributed by atoms with Crippen LogP contribution in [0.1, 0.15) is 18.9 Å². The molecular weight excluding hydrogens is 265 g/mol. The first-order valence-corrected chi connectivity index (χ1v) is 7.54. The van der Waals surface area contributed by atoms with Crippen LogP contribution in [0, 0.1) is 5.82 Å². The molecule has 19 heavy (non-hydrogen) atoms. The van der Waals surface area contributed by atoms with Crippen molar-refractivity contribution in [2.24, 2.45) is 0 Å². The van der Waals surface area contributed by atoms with Gasteiger partial charge in [0.2, 0.25) is 5.91 Å². The van der Waals surface area contributed by atoms with Crippen LogP contribution in [0.25, 0.3) is 0 Å². The fourth-order valence-electron chi connectivity index (χ4n) is 1.44. The molecule has 0 bridgehead atoms. The van der Waals surface area contributed by atoms with Crippen LogP contribution < -0.4 is 5.32 Å². The molecule has 5 heteroatoms. The molecule has 0 saturated carbocycles. The first-order chi connectivity index (χ1) is 9.22. The maximum absolute atomic E-state index is 12.7. The van der Waals surface area contributed by atoms with Crippen molar-refractivity contribution in [1.82, 2.24) is 5.32 Å². The highest BCUT2D eigenvalue weighted by atomic mass is 32.2. The Morgan fingerprint density at radius 1 is 1.37 bits per heavy atom. The molecule has 0 spiro atoms. The normalized spacial score (nSPS) is 10.4. The fraction of sp³-hybridized carbons (Fsp3) is 0.500. The van der Waals surface area contributed by atoms with E-state index < -0.39 is 0 Å². The molecule has 0 atom stereocenters. The van der Waals surface area contributed by atoms with Crippen LogP contribution >= 0.6 is 11.8 Å². The lowest BCUT2D eigenvalue weighted by Crippen LogP contribution is -2.26. The minimum Gasteiger partial charge on any atom is -0.382 e. The molecule has 0 heterocycles. The standard InChI is InChI=1S/C14H20FNO2S/c1-2-18-9-3-8-16-14(17)11-19-10-12-4-6-13(15)7-5-12/h4-7H,2-3,8-11H2,1H3,(H,16,17). The van der Waals surface area contributed by atoms with Crippen LogP contribution in [0.4, 0.5) is 4.39 Å². The van der Waals surface area contributed by atoms with Gasteiger partial charge in [0, 0.05) is 25.5 Å². The minimum atomic E-state index is -0.235. The molecule has 0 aliphatic carbocycles. The van der Waals surface area contributed by atoms with Gasteiger partial charge in [0.1, 0.15) is 5.82 Å². The van der Waals surface area contributed by atoms with Gasteiger partial charge in [-0.1, -0.05) is 12.1 Å². The van der Waals surface area contributed by atoms with Crippen molar-refractivity contribution in [2.45, 2.75) is 19.1 Å². The van der Waals surface area contributed by atoms with Crippen LogP contribution in [0.5, 0.6) is 0 Å². The van der Waals surface area contributed by atoms with Gasteiger partial charge in [0.05, 0.1) is 5.75 Å². The molecule has 0 radical (unpaired) electrons. The van der Waals surface area contributed by atoms with Crippen LogP contribution in [0.15, 0.2) is 24.3 Å². The highest BCUT2D eigenvalue weighted by Gasteiger charge is 2.01. The van der Waals surface area contributed by atoms with Gasteiger partial charge in [-0.25, -0.2) is 4.39 Å². The van der Waals surface area contributed by atoms with Gasteiger partial charge < -0.3 is 10.1 Å². The van der Waals surface area contributed by atoms with E-state index in [4.69, 9.17) is 4.74 Å². The smallest absolute Gasteiger partial charge is 0.230 e. The molecule has 1 aromatic carbocycles. The number of ether oxygens (including phenoxy) is 1. The number of carbonyl (C=O) groups excluding carboxylic acids is 1. The molecule has 1 amide bonds. The highest BCUT2D eigenvalue weighted by Crippen LogP contribution is 2.12. The topological polar surface area (TPSA) is 38.3 Å². The van der Waals surface area contributed by atoms with E-state index in [1.54, 1.807) is 12.1 Å². The largest absolute Gasteiger partial charge is 0.382 e. The van der Waals surface area contributed by atoms with E-state index >= 15 is 0 Å². The van der Waals surface area contributed by atoms with Crippen molar-refractivity contribution in [1.29, 1.82) is 0 Å². The van der Waals surface area contributed by atoms with Gasteiger partial charge in [-0.05, 0) is 31.0 Å². The number of nitrogens with one attached hydrogen (secondary N) is 1. The Hall–Kier alpha value is -1.07. The van der Waals surface area contributed by atoms with Gasteiger partial charge in [-0.3, -0.25) is 4.79 Å². The second-order valence-corrected chi connectivity index (χ2v) is 5.01. The lowest BCUT2D eigenvalue weighted by atomic mass is 10.2. The maximum atomic E-state index is 12.7. The molecular formula is C14H20FNO2S. The number of benzene rings is 1. The van der Waals surface area contributed by atoms with Crippen LogP contribution in [0.2, 0.25) is 0 Å². The predicted octanol–water partition coefficient (Wildman–Crippen LogP) is 2.60. The molecule has 0 fully saturated rings. The molecule has 1 rings (SSSR count). The zero-order valence-electron chi connectivity index (χ0n) is 11.2. The molecule has 0 aliphatic heterocycles. The van der Waals surface area contributed by atoms with E-state index in [2.05, 4.69) is 5.32 Å². The van der Waals surface area contributed by atoms with E-state index in [1.807, 2.05) is 6.92 Å². The molecule has 1 N–H and O–H groups in total. The first-order valence-electron chi connectivity index (χ1n) is 6.39. The Balaban J connectivity index is 2.05. The Morgan fingerprint density at radius 2 is 2.11 bits per heavy atom. The molecule has 3 nitrogen and oxygen atoms in total. The summed E-state index contributed by atoms with van der Waals surface area (Å²) in [5.41, 5.74) is 1.02. The Bertz CT molecular complexity index is 370. The predicted molar refractivity (Wildman–Crippen MR) is 76.7 cm³/mol. The number of rotatable bonds is 9. The third-order valence-electron chi connectivity index (χ3n) is 2.41. The summed E-state index contributed by atoms with van der Waals surface area (Å²) >= 11 is 1.52. The van der Waals surface area contributed by atoms with Crippen molar-refractivity contribution in [3.63, 3.8) is 0 Å². The fourth-order valence-corrected chi connectivity index (χ4v) is 2.26. The lowest BCUT2D eigenvalue weighted by molar-refractivity contribution is -0.118. The summed E-state index contributed by atoms with van der Waals surface area (Å²) in [6.07, 6.45) is 0.836. The summed E-state index contributed by atoms with van der Waals surface area (Å²) in [5, 5.41) is 2.84. The second-order valence-electron chi connectivity index (χ2n) is 4.02. The SMILES string of the molecule is CCOCCCNC(=O)CSCc1ccc(F)cc1. The average Bonchev–Trinajstić information content (AvgIpc) is 2.41. The summed E-state index contributed by atoms with van der Waals surface area (Å²) in [5.74, 6) is 0.933. The number of hydrogen-bond acceptors (Lipinski definition) is 3. The van der Waals surface area contributed by atoms with Gasteiger partial charge in [-0.15, -0.1) is 11.8 Å². The van der Waals surface area contributed by atoms with Crippen LogP contribution in [-0.4, -0.2) is 31.4 Å². The van der Waals surface area contributed by atoms with Crippen molar-refractivity contribution in [3.05, 3.63) is 35.6 Å². The monoisotopic (exact) mass is 285 g/mol.